The summed E-state index contributed by atoms with van der Waals surface area (Å²) in [6.07, 6.45) is 2.51. The highest BCUT2D eigenvalue weighted by Gasteiger charge is 2.21. The zero-order valence-electron chi connectivity index (χ0n) is 14.3. The van der Waals surface area contributed by atoms with Crippen molar-refractivity contribution in [2.45, 2.75) is 19.4 Å². The molecule has 1 aliphatic carbocycles. The standard InChI is InChI=1S/C20H21NO5/c22-19(23)13-26-18-6-2-4-16(10-18)20(24)21-17-5-1-3-15(9-17)12-25-11-14-7-8-14/h1-6,9-10,14H,7-8,11-13H2,(H,21,24)(H,22,23). The van der Waals surface area contributed by atoms with Gasteiger partial charge in [-0.2, -0.15) is 0 Å². The van der Waals surface area contributed by atoms with Crippen LogP contribution in [0.1, 0.15) is 28.8 Å². The number of hydrogen-bond donors (Lipinski definition) is 2. The molecule has 0 saturated heterocycles. The van der Waals surface area contributed by atoms with Gasteiger partial charge in [0, 0.05) is 17.9 Å². The zero-order valence-corrected chi connectivity index (χ0v) is 14.3. The third-order valence-electron chi connectivity index (χ3n) is 3.96. The van der Waals surface area contributed by atoms with Crippen molar-refractivity contribution in [1.29, 1.82) is 0 Å². The summed E-state index contributed by atoms with van der Waals surface area (Å²) in [5.41, 5.74) is 2.07. The van der Waals surface area contributed by atoms with E-state index in [1.54, 1.807) is 18.2 Å². The van der Waals surface area contributed by atoms with E-state index in [0.29, 0.717) is 29.5 Å². The summed E-state index contributed by atoms with van der Waals surface area (Å²) < 4.78 is 10.8. The van der Waals surface area contributed by atoms with E-state index in [2.05, 4.69) is 5.32 Å². The van der Waals surface area contributed by atoms with Crippen LogP contribution in [0, 0.1) is 5.92 Å². The number of carbonyl (C=O) groups is 2. The van der Waals surface area contributed by atoms with Crippen molar-refractivity contribution < 1.29 is 24.2 Å². The second kappa shape index (κ2) is 8.49. The normalized spacial score (nSPS) is 13.2. The number of carbonyl (C=O) groups excluding carboxylic acids is 1. The Balaban J connectivity index is 1.58. The number of anilines is 1. The lowest BCUT2D eigenvalue weighted by atomic mass is 10.1. The topological polar surface area (TPSA) is 84.9 Å². The van der Waals surface area contributed by atoms with Crippen molar-refractivity contribution in [1.82, 2.24) is 0 Å². The molecule has 0 bridgehead atoms. The number of ether oxygens (including phenoxy) is 2. The second-order valence-corrected chi connectivity index (χ2v) is 6.32. The fourth-order valence-corrected chi connectivity index (χ4v) is 2.44. The molecule has 1 fully saturated rings. The quantitative estimate of drug-likeness (QED) is 0.721. The lowest BCUT2D eigenvalue weighted by Gasteiger charge is -2.09. The molecule has 0 unspecified atom stereocenters. The Kier molecular flexibility index (Phi) is 5.86. The average Bonchev–Trinajstić information content (AvgIpc) is 3.45. The molecule has 0 aromatic heterocycles. The molecule has 1 saturated carbocycles. The zero-order chi connectivity index (χ0) is 18.4. The molecule has 6 heteroatoms. The Hall–Kier alpha value is -2.86. The summed E-state index contributed by atoms with van der Waals surface area (Å²) in [6.45, 7) is 0.867. The van der Waals surface area contributed by atoms with Gasteiger partial charge in [0.2, 0.25) is 0 Å². The van der Waals surface area contributed by atoms with Crippen LogP contribution in [0.25, 0.3) is 0 Å². The molecular weight excluding hydrogens is 334 g/mol. The summed E-state index contributed by atoms with van der Waals surface area (Å²) in [7, 11) is 0. The number of hydrogen-bond acceptors (Lipinski definition) is 4. The molecule has 1 amide bonds. The Morgan fingerprint density at radius 1 is 1.12 bits per heavy atom. The van der Waals surface area contributed by atoms with Gasteiger partial charge in [0.1, 0.15) is 5.75 Å². The molecule has 2 N–H and O–H groups in total. The maximum atomic E-state index is 12.4. The Morgan fingerprint density at radius 2 is 1.92 bits per heavy atom. The van der Waals surface area contributed by atoms with E-state index in [9.17, 15) is 9.59 Å². The molecule has 3 rings (SSSR count). The van der Waals surface area contributed by atoms with Crippen LogP contribution in [0.2, 0.25) is 0 Å². The molecule has 26 heavy (non-hydrogen) atoms. The summed E-state index contributed by atoms with van der Waals surface area (Å²) >= 11 is 0. The van der Waals surface area contributed by atoms with Crippen molar-refractivity contribution in [3.05, 3.63) is 59.7 Å². The molecule has 136 valence electrons. The van der Waals surface area contributed by atoms with E-state index in [-0.39, 0.29) is 5.91 Å². The van der Waals surface area contributed by atoms with Gasteiger partial charge in [-0.25, -0.2) is 4.79 Å². The van der Waals surface area contributed by atoms with Crippen LogP contribution in [0.4, 0.5) is 5.69 Å². The van der Waals surface area contributed by atoms with Crippen molar-refractivity contribution >= 4 is 17.6 Å². The van der Waals surface area contributed by atoms with Gasteiger partial charge in [0.25, 0.3) is 5.91 Å². The third-order valence-corrected chi connectivity index (χ3v) is 3.96. The monoisotopic (exact) mass is 355 g/mol. The largest absolute Gasteiger partial charge is 0.482 e. The van der Waals surface area contributed by atoms with Crippen LogP contribution in [-0.2, 0) is 16.1 Å². The Bertz CT molecular complexity index is 785. The van der Waals surface area contributed by atoms with Gasteiger partial charge in [-0.1, -0.05) is 18.2 Å². The molecule has 0 atom stereocenters. The molecule has 2 aromatic rings. The van der Waals surface area contributed by atoms with E-state index in [1.165, 1.54) is 18.9 Å². The highest BCUT2D eigenvalue weighted by atomic mass is 16.5. The second-order valence-electron chi connectivity index (χ2n) is 6.32. The molecule has 6 nitrogen and oxygen atoms in total. The van der Waals surface area contributed by atoms with E-state index < -0.39 is 12.6 Å². The molecule has 0 aliphatic heterocycles. The van der Waals surface area contributed by atoms with Crippen LogP contribution in [-0.4, -0.2) is 30.2 Å². The SMILES string of the molecule is O=C(O)COc1cccc(C(=O)Nc2cccc(COCC3CC3)c2)c1. The predicted molar refractivity (Wildman–Crippen MR) is 96.3 cm³/mol. The van der Waals surface area contributed by atoms with Gasteiger partial charge in [-0.3, -0.25) is 4.79 Å². The van der Waals surface area contributed by atoms with Gasteiger partial charge in [-0.05, 0) is 54.7 Å². The fraction of sp³-hybridized carbons (Fsp3) is 0.300. The molecule has 1 aliphatic rings. The first-order chi connectivity index (χ1) is 12.6. The molecule has 0 radical (unpaired) electrons. The molecular formula is C20H21NO5. The van der Waals surface area contributed by atoms with Gasteiger partial charge < -0.3 is 19.9 Å². The average molecular weight is 355 g/mol. The predicted octanol–water partition coefficient (Wildman–Crippen LogP) is 3.33. The number of carboxylic acids is 1. The summed E-state index contributed by atoms with van der Waals surface area (Å²) in [6, 6.07) is 13.9. The van der Waals surface area contributed by atoms with Crippen LogP contribution in [0.15, 0.2) is 48.5 Å². The highest BCUT2D eigenvalue weighted by molar-refractivity contribution is 6.04. The highest BCUT2D eigenvalue weighted by Crippen LogP contribution is 2.29. The lowest BCUT2D eigenvalue weighted by Crippen LogP contribution is -2.13. The number of amides is 1. The van der Waals surface area contributed by atoms with Crippen molar-refractivity contribution in [3.63, 3.8) is 0 Å². The molecule has 2 aromatic carbocycles. The number of rotatable bonds is 9. The number of aliphatic carboxylic acids is 1. The van der Waals surface area contributed by atoms with E-state index in [1.807, 2.05) is 24.3 Å². The fourth-order valence-electron chi connectivity index (χ4n) is 2.44. The lowest BCUT2D eigenvalue weighted by molar-refractivity contribution is -0.139. The van der Waals surface area contributed by atoms with Crippen LogP contribution >= 0.6 is 0 Å². The van der Waals surface area contributed by atoms with Crippen LogP contribution in [0.5, 0.6) is 5.75 Å². The first kappa shape index (κ1) is 17.9. The summed E-state index contributed by atoms with van der Waals surface area (Å²) in [4.78, 5) is 23.0. The number of carboxylic acid groups (broad SMARTS) is 1. The minimum absolute atomic E-state index is 0.290. The van der Waals surface area contributed by atoms with Crippen molar-refractivity contribution in [2.24, 2.45) is 5.92 Å². The molecule has 0 heterocycles. The summed E-state index contributed by atoms with van der Waals surface area (Å²) in [5, 5.41) is 11.5. The van der Waals surface area contributed by atoms with Gasteiger partial charge in [-0.15, -0.1) is 0 Å². The van der Waals surface area contributed by atoms with E-state index in [0.717, 1.165) is 12.2 Å². The number of nitrogens with one attached hydrogen (secondary N) is 1. The Labute approximate surface area is 151 Å². The van der Waals surface area contributed by atoms with Gasteiger partial charge in [0.05, 0.1) is 6.61 Å². The maximum absolute atomic E-state index is 12.4. The maximum Gasteiger partial charge on any atom is 0.341 e. The molecule has 0 spiro atoms. The number of benzene rings is 2. The van der Waals surface area contributed by atoms with E-state index >= 15 is 0 Å². The minimum Gasteiger partial charge on any atom is -0.482 e. The first-order valence-electron chi connectivity index (χ1n) is 8.53. The first-order valence-corrected chi connectivity index (χ1v) is 8.53. The van der Waals surface area contributed by atoms with Gasteiger partial charge >= 0.3 is 5.97 Å². The third kappa shape index (κ3) is 5.60. The Morgan fingerprint density at radius 3 is 2.69 bits per heavy atom. The van der Waals surface area contributed by atoms with Crippen LogP contribution < -0.4 is 10.1 Å². The smallest absolute Gasteiger partial charge is 0.341 e. The van der Waals surface area contributed by atoms with Gasteiger partial charge in [0.15, 0.2) is 6.61 Å². The van der Waals surface area contributed by atoms with Crippen LogP contribution in [0.3, 0.4) is 0 Å². The summed E-state index contributed by atoms with van der Waals surface area (Å²) in [5.74, 6) is -0.307. The van der Waals surface area contributed by atoms with Crippen molar-refractivity contribution in [2.75, 3.05) is 18.5 Å². The minimum atomic E-state index is -1.07. The van der Waals surface area contributed by atoms with Crippen molar-refractivity contribution in [3.8, 4) is 5.75 Å². The van der Waals surface area contributed by atoms with E-state index in [4.69, 9.17) is 14.6 Å².